The summed E-state index contributed by atoms with van der Waals surface area (Å²) in [6.07, 6.45) is 0. The second kappa shape index (κ2) is 7.37. The first-order chi connectivity index (χ1) is 10.5. The number of carbonyl (C=O) groups is 2. The van der Waals surface area contributed by atoms with Crippen LogP contribution in [0.4, 0.5) is 14.5 Å². The Labute approximate surface area is 133 Å². The monoisotopic (exact) mass is 343 g/mol. The molecule has 1 amide bonds. The van der Waals surface area contributed by atoms with Crippen LogP contribution in [0.25, 0.3) is 0 Å². The SMILES string of the molecule is COC(=O)c1sccc1NC(=O)CSc1ccc(F)c(F)c1. The fourth-order valence-corrected chi connectivity index (χ4v) is 3.05. The van der Waals surface area contributed by atoms with Crippen molar-refractivity contribution >= 4 is 40.7 Å². The lowest BCUT2D eigenvalue weighted by molar-refractivity contribution is -0.113. The highest BCUT2D eigenvalue weighted by Crippen LogP contribution is 2.24. The van der Waals surface area contributed by atoms with Crippen LogP contribution in [0.1, 0.15) is 9.67 Å². The van der Waals surface area contributed by atoms with E-state index in [1.807, 2.05) is 0 Å². The number of hydrogen-bond acceptors (Lipinski definition) is 5. The molecule has 0 aliphatic carbocycles. The van der Waals surface area contributed by atoms with Crippen LogP contribution in [-0.2, 0) is 9.53 Å². The molecule has 0 aliphatic heterocycles. The third kappa shape index (κ3) is 4.05. The maximum absolute atomic E-state index is 13.1. The molecule has 4 nitrogen and oxygen atoms in total. The molecule has 0 atom stereocenters. The smallest absolute Gasteiger partial charge is 0.350 e. The number of esters is 1. The number of nitrogens with one attached hydrogen (secondary N) is 1. The quantitative estimate of drug-likeness (QED) is 0.666. The molecule has 0 aliphatic rings. The van der Waals surface area contributed by atoms with Crippen LogP contribution >= 0.6 is 23.1 Å². The molecular weight excluding hydrogens is 332 g/mol. The number of ether oxygens (including phenoxy) is 1. The third-order valence-electron chi connectivity index (χ3n) is 2.57. The van der Waals surface area contributed by atoms with E-state index in [1.54, 1.807) is 11.4 Å². The van der Waals surface area contributed by atoms with E-state index in [9.17, 15) is 18.4 Å². The van der Waals surface area contributed by atoms with Gasteiger partial charge in [0.2, 0.25) is 5.91 Å². The van der Waals surface area contributed by atoms with E-state index < -0.39 is 17.6 Å². The van der Waals surface area contributed by atoms with Crippen LogP contribution in [0.2, 0.25) is 0 Å². The van der Waals surface area contributed by atoms with Crippen molar-refractivity contribution in [2.45, 2.75) is 4.90 Å². The lowest BCUT2D eigenvalue weighted by Gasteiger charge is -2.06. The molecule has 2 aromatic rings. The highest BCUT2D eigenvalue weighted by atomic mass is 32.2. The molecule has 1 N–H and O–H groups in total. The van der Waals surface area contributed by atoms with Crippen molar-refractivity contribution in [2.24, 2.45) is 0 Å². The molecule has 0 saturated carbocycles. The predicted molar refractivity (Wildman–Crippen MR) is 81.4 cm³/mol. The fraction of sp³-hybridized carbons (Fsp3) is 0.143. The first kappa shape index (κ1) is 16.4. The van der Waals surface area contributed by atoms with Gasteiger partial charge < -0.3 is 10.1 Å². The molecule has 0 unspecified atom stereocenters. The van der Waals surface area contributed by atoms with Gasteiger partial charge in [0.1, 0.15) is 4.88 Å². The number of hydrogen-bond donors (Lipinski definition) is 1. The molecule has 8 heteroatoms. The van der Waals surface area contributed by atoms with Crippen LogP contribution in [-0.4, -0.2) is 24.7 Å². The number of carbonyl (C=O) groups excluding carboxylic acids is 2. The van der Waals surface area contributed by atoms with Crippen molar-refractivity contribution in [2.75, 3.05) is 18.2 Å². The number of rotatable bonds is 5. The van der Waals surface area contributed by atoms with Crippen molar-refractivity contribution in [1.82, 2.24) is 0 Å². The second-order valence-corrected chi connectivity index (χ2v) is 6.03. The van der Waals surface area contributed by atoms with Crippen molar-refractivity contribution in [3.8, 4) is 0 Å². The molecule has 0 radical (unpaired) electrons. The Morgan fingerprint density at radius 3 is 2.73 bits per heavy atom. The number of methoxy groups -OCH3 is 1. The van der Waals surface area contributed by atoms with Crippen molar-refractivity contribution in [1.29, 1.82) is 0 Å². The Bertz CT molecular complexity index is 703. The topological polar surface area (TPSA) is 55.4 Å². The number of anilines is 1. The normalized spacial score (nSPS) is 10.3. The summed E-state index contributed by atoms with van der Waals surface area (Å²) in [5, 5.41) is 4.24. The number of halogens is 2. The maximum Gasteiger partial charge on any atom is 0.350 e. The molecule has 1 heterocycles. The molecule has 1 aromatic carbocycles. The van der Waals surface area contributed by atoms with Crippen molar-refractivity contribution in [3.63, 3.8) is 0 Å². The molecule has 22 heavy (non-hydrogen) atoms. The van der Waals surface area contributed by atoms with Gasteiger partial charge in [0, 0.05) is 4.90 Å². The largest absolute Gasteiger partial charge is 0.465 e. The number of benzene rings is 1. The maximum atomic E-state index is 13.1. The Morgan fingerprint density at radius 2 is 2.05 bits per heavy atom. The molecule has 2 rings (SSSR count). The van der Waals surface area contributed by atoms with E-state index in [0.717, 1.165) is 35.2 Å². The average molecular weight is 343 g/mol. The summed E-state index contributed by atoms with van der Waals surface area (Å²) >= 11 is 2.22. The zero-order valence-electron chi connectivity index (χ0n) is 11.4. The van der Waals surface area contributed by atoms with Gasteiger partial charge >= 0.3 is 5.97 Å². The molecule has 0 fully saturated rings. The van der Waals surface area contributed by atoms with E-state index in [1.165, 1.54) is 13.2 Å². The number of thiophene rings is 1. The van der Waals surface area contributed by atoms with Gasteiger partial charge in [-0.1, -0.05) is 0 Å². The summed E-state index contributed by atoms with van der Waals surface area (Å²) in [6.45, 7) is 0. The zero-order valence-corrected chi connectivity index (χ0v) is 13.0. The van der Waals surface area contributed by atoms with Gasteiger partial charge in [-0.15, -0.1) is 23.1 Å². The Hall–Kier alpha value is -1.93. The third-order valence-corrected chi connectivity index (χ3v) is 4.46. The zero-order chi connectivity index (χ0) is 16.1. The molecule has 0 bridgehead atoms. The first-order valence-electron chi connectivity index (χ1n) is 6.04. The highest BCUT2D eigenvalue weighted by molar-refractivity contribution is 8.00. The van der Waals surface area contributed by atoms with Crippen LogP contribution in [0.15, 0.2) is 34.5 Å². The van der Waals surface area contributed by atoms with Gasteiger partial charge in [-0.05, 0) is 29.6 Å². The van der Waals surface area contributed by atoms with E-state index >= 15 is 0 Å². The van der Waals surface area contributed by atoms with Crippen LogP contribution in [0.5, 0.6) is 0 Å². The Kier molecular flexibility index (Phi) is 5.51. The van der Waals surface area contributed by atoms with Crippen LogP contribution in [0.3, 0.4) is 0 Å². The summed E-state index contributed by atoms with van der Waals surface area (Å²) in [4.78, 5) is 24.1. The first-order valence-corrected chi connectivity index (χ1v) is 7.91. The average Bonchev–Trinajstić information content (AvgIpc) is 2.95. The minimum atomic E-state index is -0.962. The van der Waals surface area contributed by atoms with E-state index in [-0.39, 0.29) is 11.7 Å². The lowest BCUT2D eigenvalue weighted by atomic mass is 10.3. The summed E-state index contributed by atoms with van der Waals surface area (Å²) in [7, 11) is 1.26. The predicted octanol–water partition coefficient (Wildman–Crippen LogP) is 3.54. The lowest BCUT2D eigenvalue weighted by Crippen LogP contribution is -2.15. The molecule has 1 aromatic heterocycles. The van der Waals surface area contributed by atoms with Crippen molar-refractivity contribution < 1.29 is 23.1 Å². The minimum absolute atomic E-state index is 0.00152. The van der Waals surface area contributed by atoms with E-state index in [0.29, 0.717) is 15.5 Å². The minimum Gasteiger partial charge on any atom is -0.465 e. The van der Waals surface area contributed by atoms with Gasteiger partial charge in [-0.3, -0.25) is 4.79 Å². The number of amides is 1. The molecule has 116 valence electrons. The summed E-state index contributed by atoms with van der Waals surface area (Å²) in [5.74, 6) is -2.79. The summed E-state index contributed by atoms with van der Waals surface area (Å²) in [5.41, 5.74) is 0.368. The molecular formula is C14H11F2NO3S2. The van der Waals surface area contributed by atoms with E-state index in [2.05, 4.69) is 10.1 Å². The fourth-order valence-electron chi connectivity index (χ4n) is 1.56. The Morgan fingerprint density at radius 1 is 1.27 bits per heavy atom. The standard InChI is InChI=1S/C14H11F2NO3S2/c1-20-14(19)13-11(4-5-21-13)17-12(18)7-22-8-2-3-9(15)10(16)6-8/h2-6H,7H2,1H3,(H,17,18). The molecule has 0 saturated heterocycles. The van der Waals surface area contributed by atoms with Gasteiger partial charge in [0.25, 0.3) is 0 Å². The van der Waals surface area contributed by atoms with Crippen LogP contribution in [0, 0.1) is 11.6 Å². The van der Waals surface area contributed by atoms with E-state index in [4.69, 9.17) is 0 Å². The van der Waals surface area contributed by atoms with Crippen LogP contribution < -0.4 is 5.32 Å². The van der Waals surface area contributed by atoms with Gasteiger partial charge in [0.15, 0.2) is 11.6 Å². The number of thioether (sulfide) groups is 1. The van der Waals surface area contributed by atoms with Gasteiger partial charge in [-0.2, -0.15) is 0 Å². The highest BCUT2D eigenvalue weighted by Gasteiger charge is 2.15. The van der Waals surface area contributed by atoms with Crippen molar-refractivity contribution in [3.05, 3.63) is 46.2 Å². The molecule has 0 spiro atoms. The summed E-state index contributed by atoms with van der Waals surface area (Å²) in [6, 6.07) is 5.01. The van der Waals surface area contributed by atoms with Gasteiger partial charge in [0.05, 0.1) is 18.6 Å². The second-order valence-electron chi connectivity index (χ2n) is 4.07. The Balaban J connectivity index is 1.95. The summed E-state index contributed by atoms with van der Waals surface area (Å²) < 4.78 is 30.5. The van der Waals surface area contributed by atoms with Gasteiger partial charge in [-0.25, -0.2) is 13.6 Å².